The van der Waals surface area contributed by atoms with Crippen molar-refractivity contribution in [1.82, 2.24) is 9.97 Å². The first-order valence-corrected chi connectivity index (χ1v) is 10.1. The van der Waals surface area contributed by atoms with Crippen LogP contribution in [0.2, 0.25) is 0 Å². The summed E-state index contributed by atoms with van der Waals surface area (Å²) in [5.41, 5.74) is 3.27. The Hall–Kier alpha value is -2.57. The molecular formula is C20H17N3OS2. The van der Waals surface area contributed by atoms with Crippen LogP contribution < -0.4 is 5.32 Å². The number of hydrogen-bond acceptors (Lipinski definition) is 5. The second-order valence-corrected chi connectivity index (χ2v) is 8.04. The highest BCUT2D eigenvalue weighted by Crippen LogP contribution is 2.29. The zero-order valence-corrected chi connectivity index (χ0v) is 16.0. The maximum Gasteiger partial charge on any atom is 0.258 e. The largest absolute Gasteiger partial charge is 0.298 e. The Kier molecular flexibility index (Phi) is 4.53. The summed E-state index contributed by atoms with van der Waals surface area (Å²) in [7, 11) is 0. The summed E-state index contributed by atoms with van der Waals surface area (Å²) in [6.07, 6.45) is 0. The van der Waals surface area contributed by atoms with Gasteiger partial charge in [0.15, 0.2) is 5.13 Å². The predicted octanol–water partition coefficient (Wildman–Crippen LogP) is 5.80. The smallest absolute Gasteiger partial charge is 0.258 e. The second kappa shape index (κ2) is 6.97. The fourth-order valence-electron chi connectivity index (χ4n) is 2.71. The standard InChI is InChI=1S/C20H17N3OS2/c1-12(2)16-10-14(13-6-3-4-7-15(13)21-16)19(24)23-20-22-17(11-26-20)18-8-5-9-25-18/h3-12H,1-2H3,(H,22,23,24). The summed E-state index contributed by atoms with van der Waals surface area (Å²) < 4.78 is 0. The Morgan fingerprint density at radius 3 is 2.69 bits per heavy atom. The highest BCUT2D eigenvalue weighted by molar-refractivity contribution is 7.16. The lowest BCUT2D eigenvalue weighted by molar-refractivity contribution is 0.102. The summed E-state index contributed by atoms with van der Waals surface area (Å²) in [6, 6.07) is 13.6. The summed E-state index contributed by atoms with van der Waals surface area (Å²) in [5.74, 6) is 0.0917. The van der Waals surface area contributed by atoms with Gasteiger partial charge < -0.3 is 0 Å². The van der Waals surface area contributed by atoms with Crippen LogP contribution in [0.15, 0.2) is 53.2 Å². The molecule has 0 saturated heterocycles. The Balaban J connectivity index is 1.68. The minimum absolute atomic E-state index is 0.155. The van der Waals surface area contributed by atoms with Gasteiger partial charge in [0.05, 0.1) is 21.7 Å². The van der Waals surface area contributed by atoms with Crippen molar-refractivity contribution in [2.24, 2.45) is 0 Å². The molecule has 4 aromatic rings. The monoisotopic (exact) mass is 379 g/mol. The molecule has 0 saturated carbocycles. The SMILES string of the molecule is CC(C)c1cc(C(=O)Nc2nc(-c3cccs3)cs2)c2ccccc2n1. The molecular weight excluding hydrogens is 362 g/mol. The zero-order valence-electron chi connectivity index (χ0n) is 14.4. The van der Waals surface area contributed by atoms with Crippen molar-refractivity contribution in [2.45, 2.75) is 19.8 Å². The molecule has 0 bridgehead atoms. The fourth-order valence-corrected chi connectivity index (χ4v) is 4.18. The number of amides is 1. The fraction of sp³-hybridized carbons (Fsp3) is 0.150. The van der Waals surface area contributed by atoms with E-state index in [-0.39, 0.29) is 11.8 Å². The number of para-hydroxylation sites is 1. The van der Waals surface area contributed by atoms with Crippen molar-refractivity contribution in [1.29, 1.82) is 0 Å². The second-order valence-electron chi connectivity index (χ2n) is 6.24. The normalized spacial score (nSPS) is 11.2. The van der Waals surface area contributed by atoms with E-state index in [0.717, 1.165) is 27.2 Å². The highest BCUT2D eigenvalue weighted by Gasteiger charge is 2.16. The molecule has 1 N–H and O–H groups in total. The summed E-state index contributed by atoms with van der Waals surface area (Å²) in [5, 5.41) is 8.38. The van der Waals surface area contributed by atoms with Crippen molar-refractivity contribution < 1.29 is 4.79 Å². The Morgan fingerprint density at radius 2 is 1.92 bits per heavy atom. The number of hydrogen-bond donors (Lipinski definition) is 1. The number of thiophene rings is 1. The molecule has 3 aromatic heterocycles. The van der Waals surface area contributed by atoms with Crippen molar-refractivity contribution in [3.8, 4) is 10.6 Å². The summed E-state index contributed by atoms with van der Waals surface area (Å²) >= 11 is 3.07. The van der Waals surface area contributed by atoms with E-state index >= 15 is 0 Å². The van der Waals surface area contributed by atoms with E-state index in [1.54, 1.807) is 11.3 Å². The molecule has 0 radical (unpaired) electrons. The van der Waals surface area contributed by atoms with E-state index in [4.69, 9.17) is 0 Å². The van der Waals surface area contributed by atoms with Crippen LogP contribution in [0.3, 0.4) is 0 Å². The van der Waals surface area contributed by atoms with Crippen LogP contribution in [0.25, 0.3) is 21.5 Å². The third-order valence-electron chi connectivity index (χ3n) is 4.07. The lowest BCUT2D eigenvalue weighted by Crippen LogP contribution is -2.13. The number of nitrogens with one attached hydrogen (secondary N) is 1. The number of anilines is 1. The first-order chi connectivity index (χ1) is 12.6. The molecule has 0 unspecified atom stereocenters. The number of rotatable bonds is 4. The average Bonchev–Trinajstić information content (AvgIpc) is 3.32. The average molecular weight is 380 g/mol. The topological polar surface area (TPSA) is 54.9 Å². The van der Waals surface area contributed by atoms with Gasteiger partial charge in [-0.25, -0.2) is 4.98 Å². The van der Waals surface area contributed by atoms with E-state index in [9.17, 15) is 4.79 Å². The Morgan fingerprint density at radius 1 is 1.08 bits per heavy atom. The lowest BCUT2D eigenvalue weighted by Gasteiger charge is -2.11. The number of thiazole rings is 1. The molecule has 0 aliphatic carbocycles. The molecule has 1 aromatic carbocycles. The van der Waals surface area contributed by atoms with E-state index in [2.05, 4.69) is 29.1 Å². The molecule has 0 fully saturated rings. The maximum atomic E-state index is 12.9. The van der Waals surface area contributed by atoms with Gasteiger partial charge in [0, 0.05) is 16.5 Å². The van der Waals surface area contributed by atoms with Gasteiger partial charge in [-0.2, -0.15) is 0 Å². The van der Waals surface area contributed by atoms with Crippen LogP contribution in [0, 0.1) is 0 Å². The van der Waals surface area contributed by atoms with Gasteiger partial charge in [-0.05, 0) is 29.5 Å². The van der Waals surface area contributed by atoms with Crippen molar-refractivity contribution >= 4 is 44.6 Å². The molecule has 0 aliphatic rings. The molecule has 4 rings (SSSR count). The van der Waals surface area contributed by atoms with Crippen molar-refractivity contribution in [3.63, 3.8) is 0 Å². The summed E-state index contributed by atoms with van der Waals surface area (Å²) in [6.45, 7) is 4.15. The molecule has 130 valence electrons. The summed E-state index contributed by atoms with van der Waals surface area (Å²) in [4.78, 5) is 23.2. The van der Waals surface area contributed by atoms with Gasteiger partial charge >= 0.3 is 0 Å². The molecule has 1 amide bonds. The number of carbonyl (C=O) groups is 1. The van der Waals surface area contributed by atoms with Crippen molar-refractivity contribution in [3.05, 3.63) is 64.5 Å². The van der Waals surface area contributed by atoms with Gasteiger partial charge in [-0.1, -0.05) is 38.1 Å². The predicted molar refractivity (Wildman–Crippen MR) is 109 cm³/mol. The molecule has 0 aliphatic heterocycles. The molecule has 6 heteroatoms. The van der Waals surface area contributed by atoms with Crippen LogP contribution >= 0.6 is 22.7 Å². The minimum atomic E-state index is -0.155. The molecule has 4 nitrogen and oxygen atoms in total. The van der Waals surface area contributed by atoms with Gasteiger partial charge in [-0.15, -0.1) is 22.7 Å². The number of pyridine rings is 1. The molecule has 0 atom stereocenters. The van der Waals surface area contributed by atoms with E-state index < -0.39 is 0 Å². The quantitative estimate of drug-likeness (QED) is 0.488. The third kappa shape index (κ3) is 3.25. The van der Waals surface area contributed by atoms with Gasteiger partial charge in [-0.3, -0.25) is 15.1 Å². The van der Waals surface area contributed by atoms with Crippen LogP contribution in [0.4, 0.5) is 5.13 Å². The van der Waals surface area contributed by atoms with Gasteiger partial charge in [0.25, 0.3) is 5.91 Å². The van der Waals surface area contributed by atoms with E-state index in [1.165, 1.54) is 11.3 Å². The molecule has 0 spiro atoms. The zero-order chi connectivity index (χ0) is 18.1. The number of aromatic nitrogens is 2. The van der Waals surface area contributed by atoms with Gasteiger partial charge in [0.1, 0.15) is 0 Å². The van der Waals surface area contributed by atoms with E-state index in [0.29, 0.717) is 10.7 Å². The highest BCUT2D eigenvalue weighted by atomic mass is 32.1. The number of benzene rings is 1. The Bertz CT molecular complexity index is 1070. The first kappa shape index (κ1) is 16.9. The number of fused-ring (bicyclic) bond motifs is 1. The molecule has 3 heterocycles. The third-order valence-corrected chi connectivity index (χ3v) is 5.72. The van der Waals surface area contributed by atoms with Crippen LogP contribution in [-0.4, -0.2) is 15.9 Å². The minimum Gasteiger partial charge on any atom is -0.298 e. The van der Waals surface area contributed by atoms with Crippen molar-refractivity contribution in [2.75, 3.05) is 5.32 Å². The van der Waals surface area contributed by atoms with E-state index in [1.807, 2.05) is 53.2 Å². The van der Waals surface area contributed by atoms with Crippen LogP contribution in [0.1, 0.15) is 35.8 Å². The number of carbonyl (C=O) groups excluding carboxylic acids is 1. The van der Waals surface area contributed by atoms with Crippen LogP contribution in [-0.2, 0) is 0 Å². The van der Waals surface area contributed by atoms with Gasteiger partial charge in [0.2, 0.25) is 0 Å². The first-order valence-electron chi connectivity index (χ1n) is 8.32. The lowest BCUT2D eigenvalue weighted by atomic mass is 10.0. The number of nitrogens with zero attached hydrogens (tertiary/aromatic N) is 2. The molecule has 26 heavy (non-hydrogen) atoms. The van der Waals surface area contributed by atoms with Crippen LogP contribution in [0.5, 0.6) is 0 Å². The Labute approximate surface area is 159 Å². The maximum absolute atomic E-state index is 12.9.